The zero-order valence-electron chi connectivity index (χ0n) is 16.5. The van der Waals surface area contributed by atoms with Gasteiger partial charge in [0, 0.05) is 18.3 Å². The van der Waals surface area contributed by atoms with Gasteiger partial charge in [0.2, 0.25) is 0 Å². The summed E-state index contributed by atoms with van der Waals surface area (Å²) in [5.41, 5.74) is -2.42. The average molecular weight is 424 g/mol. The van der Waals surface area contributed by atoms with Crippen molar-refractivity contribution in [3.63, 3.8) is 0 Å². The van der Waals surface area contributed by atoms with Crippen LogP contribution in [0, 0.1) is 0 Å². The van der Waals surface area contributed by atoms with Gasteiger partial charge in [-0.05, 0) is 27.7 Å². The van der Waals surface area contributed by atoms with Crippen molar-refractivity contribution in [1.82, 2.24) is 20.0 Å². The minimum atomic E-state index is -2.16. The SMILES string of the molecule is CC(C)(C)OC(=O)C(C)(O)C1OCCN(c2ccn(-c3cnnc(Cl)c3)n2)C1=O. The molecule has 1 fully saturated rings. The number of aromatic nitrogens is 4. The Morgan fingerprint density at radius 2 is 2.10 bits per heavy atom. The Kier molecular flexibility index (Phi) is 5.61. The fraction of sp³-hybridized carbons (Fsp3) is 0.500. The number of halogens is 1. The summed E-state index contributed by atoms with van der Waals surface area (Å²) >= 11 is 5.85. The Bertz CT molecular complexity index is 923. The molecule has 156 valence electrons. The predicted octanol–water partition coefficient (Wildman–Crippen LogP) is 1.14. The maximum atomic E-state index is 13.0. The van der Waals surface area contributed by atoms with Gasteiger partial charge in [-0.25, -0.2) is 9.48 Å². The number of nitrogens with zero attached hydrogens (tertiary/aromatic N) is 5. The van der Waals surface area contributed by atoms with Gasteiger partial charge >= 0.3 is 5.97 Å². The standard InChI is InChI=1S/C18H22ClN5O5/c1-17(2,3)29-16(26)18(4,27)14-15(25)23(7-8-28-14)13-5-6-24(22-13)11-9-12(19)21-20-10-11/h5-6,9-10,14,27H,7-8H2,1-4H3. The molecule has 10 nitrogen and oxygen atoms in total. The minimum Gasteiger partial charge on any atom is -0.458 e. The summed E-state index contributed by atoms with van der Waals surface area (Å²) < 4.78 is 12.2. The summed E-state index contributed by atoms with van der Waals surface area (Å²) in [6, 6.07) is 3.19. The van der Waals surface area contributed by atoms with Crippen LogP contribution in [0.1, 0.15) is 27.7 Å². The zero-order valence-corrected chi connectivity index (χ0v) is 17.3. The van der Waals surface area contributed by atoms with Crippen molar-refractivity contribution < 1.29 is 24.2 Å². The molecule has 1 aliphatic rings. The van der Waals surface area contributed by atoms with Crippen LogP contribution in [0.15, 0.2) is 24.5 Å². The number of rotatable bonds is 4. The third-order valence-electron chi connectivity index (χ3n) is 4.14. The van der Waals surface area contributed by atoms with Crippen LogP contribution in [-0.4, -0.2) is 67.4 Å². The molecule has 0 aromatic carbocycles. The third kappa shape index (κ3) is 4.55. The van der Waals surface area contributed by atoms with Gasteiger partial charge in [0.25, 0.3) is 5.91 Å². The number of carbonyl (C=O) groups is 2. The van der Waals surface area contributed by atoms with Crippen molar-refractivity contribution in [3.05, 3.63) is 29.7 Å². The lowest BCUT2D eigenvalue weighted by Gasteiger charge is -2.38. The third-order valence-corrected chi connectivity index (χ3v) is 4.32. The second kappa shape index (κ2) is 7.69. The molecule has 2 aromatic rings. The predicted molar refractivity (Wildman–Crippen MR) is 103 cm³/mol. The van der Waals surface area contributed by atoms with Crippen LogP contribution in [0.5, 0.6) is 0 Å². The van der Waals surface area contributed by atoms with Crippen LogP contribution in [0.2, 0.25) is 5.15 Å². The second-order valence-corrected chi connectivity index (χ2v) is 8.13. The van der Waals surface area contributed by atoms with E-state index in [1.807, 2.05) is 0 Å². The maximum Gasteiger partial charge on any atom is 0.341 e. The number of morpholine rings is 1. The Labute approximate surface area is 172 Å². The highest BCUT2D eigenvalue weighted by atomic mass is 35.5. The summed E-state index contributed by atoms with van der Waals surface area (Å²) in [6.07, 6.45) is 1.68. The first-order valence-electron chi connectivity index (χ1n) is 8.92. The molecule has 2 atom stereocenters. The zero-order chi connectivity index (χ0) is 21.4. The van der Waals surface area contributed by atoms with Gasteiger partial charge in [-0.2, -0.15) is 5.10 Å². The number of aliphatic hydroxyl groups is 1. The minimum absolute atomic E-state index is 0.116. The first kappa shape index (κ1) is 21.2. The lowest BCUT2D eigenvalue weighted by molar-refractivity contribution is -0.194. The molecular weight excluding hydrogens is 402 g/mol. The van der Waals surface area contributed by atoms with E-state index in [1.165, 1.54) is 22.7 Å². The summed E-state index contributed by atoms with van der Waals surface area (Å²) in [6.45, 7) is 6.55. The lowest BCUT2D eigenvalue weighted by atomic mass is 9.96. The van der Waals surface area contributed by atoms with E-state index in [4.69, 9.17) is 21.1 Å². The van der Waals surface area contributed by atoms with Gasteiger partial charge in [0.1, 0.15) is 5.60 Å². The summed E-state index contributed by atoms with van der Waals surface area (Å²) in [5.74, 6) is -1.20. The molecule has 1 N–H and O–H groups in total. The first-order chi connectivity index (χ1) is 13.5. The maximum absolute atomic E-state index is 13.0. The monoisotopic (exact) mass is 423 g/mol. The molecule has 0 aliphatic carbocycles. The van der Waals surface area contributed by atoms with Crippen LogP contribution in [0.4, 0.5) is 5.82 Å². The van der Waals surface area contributed by atoms with Crippen molar-refractivity contribution in [1.29, 1.82) is 0 Å². The van der Waals surface area contributed by atoms with E-state index in [2.05, 4.69) is 15.3 Å². The van der Waals surface area contributed by atoms with Crippen LogP contribution in [-0.2, 0) is 19.1 Å². The van der Waals surface area contributed by atoms with Crippen LogP contribution >= 0.6 is 11.6 Å². The molecule has 1 aliphatic heterocycles. The van der Waals surface area contributed by atoms with Crippen molar-refractivity contribution in [2.75, 3.05) is 18.1 Å². The number of ether oxygens (including phenoxy) is 2. The molecule has 0 radical (unpaired) electrons. The number of carbonyl (C=O) groups excluding carboxylic acids is 2. The van der Waals surface area contributed by atoms with Crippen LogP contribution in [0.3, 0.4) is 0 Å². The number of hydrogen-bond donors (Lipinski definition) is 1. The van der Waals surface area contributed by atoms with E-state index in [0.717, 1.165) is 0 Å². The highest BCUT2D eigenvalue weighted by Gasteiger charge is 2.50. The second-order valence-electron chi connectivity index (χ2n) is 7.75. The van der Waals surface area contributed by atoms with E-state index in [-0.39, 0.29) is 18.3 Å². The van der Waals surface area contributed by atoms with Crippen molar-refractivity contribution in [3.8, 4) is 5.69 Å². The molecule has 0 saturated carbocycles. The molecule has 1 saturated heterocycles. The number of anilines is 1. The molecule has 0 spiro atoms. The van der Waals surface area contributed by atoms with E-state index in [0.29, 0.717) is 11.5 Å². The fourth-order valence-corrected chi connectivity index (χ4v) is 2.92. The number of amides is 1. The summed E-state index contributed by atoms with van der Waals surface area (Å²) in [5, 5.41) is 22.7. The van der Waals surface area contributed by atoms with Crippen LogP contribution in [0.25, 0.3) is 5.69 Å². The normalized spacial score (nSPS) is 19.7. The fourth-order valence-electron chi connectivity index (χ4n) is 2.76. The van der Waals surface area contributed by atoms with Gasteiger partial charge in [-0.3, -0.25) is 9.69 Å². The molecule has 29 heavy (non-hydrogen) atoms. The lowest BCUT2D eigenvalue weighted by Crippen LogP contribution is -2.61. The summed E-state index contributed by atoms with van der Waals surface area (Å²) in [7, 11) is 0. The highest BCUT2D eigenvalue weighted by molar-refractivity contribution is 6.29. The van der Waals surface area contributed by atoms with Gasteiger partial charge in [-0.15, -0.1) is 10.2 Å². The smallest absolute Gasteiger partial charge is 0.341 e. The number of hydrogen-bond acceptors (Lipinski definition) is 8. The molecule has 0 bridgehead atoms. The molecule has 3 rings (SSSR count). The topological polar surface area (TPSA) is 120 Å². The van der Waals surface area contributed by atoms with E-state index in [1.54, 1.807) is 39.1 Å². The van der Waals surface area contributed by atoms with E-state index in [9.17, 15) is 14.7 Å². The van der Waals surface area contributed by atoms with Crippen molar-refractivity contribution >= 4 is 29.3 Å². The Morgan fingerprint density at radius 3 is 2.76 bits per heavy atom. The van der Waals surface area contributed by atoms with Crippen molar-refractivity contribution in [2.45, 2.75) is 45.0 Å². The van der Waals surface area contributed by atoms with E-state index < -0.39 is 29.2 Å². The van der Waals surface area contributed by atoms with Gasteiger partial charge in [0.05, 0.1) is 25.0 Å². The number of esters is 1. The molecule has 3 heterocycles. The van der Waals surface area contributed by atoms with Crippen molar-refractivity contribution in [2.24, 2.45) is 0 Å². The highest BCUT2D eigenvalue weighted by Crippen LogP contribution is 2.26. The molecule has 2 aromatic heterocycles. The molecule has 1 amide bonds. The molecule has 11 heteroatoms. The molecular formula is C18H22ClN5O5. The largest absolute Gasteiger partial charge is 0.458 e. The Balaban J connectivity index is 1.82. The quantitative estimate of drug-likeness (QED) is 0.727. The Hall–Kier alpha value is -2.56. The van der Waals surface area contributed by atoms with Gasteiger partial charge in [-0.1, -0.05) is 11.6 Å². The van der Waals surface area contributed by atoms with Gasteiger partial charge < -0.3 is 14.6 Å². The Morgan fingerprint density at radius 1 is 1.38 bits per heavy atom. The van der Waals surface area contributed by atoms with Gasteiger partial charge in [0.15, 0.2) is 22.7 Å². The first-order valence-corrected chi connectivity index (χ1v) is 9.30. The molecule has 2 unspecified atom stereocenters. The van der Waals surface area contributed by atoms with Crippen LogP contribution < -0.4 is 4.90 Å². The van der Waals surface area contributed by atoms with E-state index >= 15 is 0 Å². The summed E-state index contributed by atoms with van der Waals surface area (Å²) in [4.78, 5) is 26.8. The average Bonchev–Trinajstić information content (AvgIpc) is 3.10.